The van der Waals surface area contributed by atoms with Crippen LogP contribution < -0.4 is 14.3 Å². The van der Waals surface area contributed by atoms with Gasteiger partial charge in [-0.05, 0) is 6.07 Å². The molecule has 1 aromatic heterocycles. The van der Waals surface area contributed by atoms with E-state index < -0.39 is 18.7 Å². The number of fused-ring (bicyclic) bond motifs is 1. The number of hydrogen-bond donors (Lipinski definition) is 3. The monoisotopic (exact) mass is 283 g/mol. The van der Waals surface area contributed by atoms with E-state index in [1.54, 1.807) is 0 Å². The van der Waals surface area contributed by atoms with Gasteiger partial charge in [0.2, 0.25) is 0 Å². The number of aliphatic hydroxyl groups is 2. The normalized spacial score (nSPS) is 12.5. The molecule has 2 aromatic rings. The highest BCUT2D eigenvalue weighted by Gasteiger charge is 2.24. The van der Waals surface area contributed by atoms with Crippen LogP contribution in [0.4, 0.5) is 0 Å². The van der Waals surface area contributed by atoms with Crippen LogP contribution in [-0.2, 0) is 0 Å². The van der Waals surface area contributed by atoms with E-state index in [9.17, 15) is 20.6 Å². The van der Waals surface area contributed by atoms with Crippen molar-refractivity contribution < 1.29 is 29.6 Å². The van der Waals surface area contributed by atoms with E-state index in [1.807, 2.05) is 0 Å². The minimum Gasteiger partial charge on any atom is -0.707 e. The smallest absolute Gasteiger partial charge is 0.569 e. The van der Waals surface area contributed by atoms with Crippen LogP contribution in [0.25, 0.3) is 11.0 Å². The van der Waals surface area contributed by atoms with Crippen molar-refractivity contribution in [2.45, 2.75) is 12.5 Å². The lowest BCUT2D eigenvalue weighted by molar-refractivity contribution is -0.684. The van der Waals surface area contributed by atoms with Gasteiger partial charge in [0.15, 0.2) is 5.75 Å². The van der Waals surface area contributed by atoms with Gasteiger partial charge in [0.25, 0.3) is 10.6 Å². The predicted molar refractivity (Wildman–Crippen MR) is 64.5 cm³/mol. The Hall–Kier alpha value is -2.39. The second-order valence-corrected chi connectivity index (χ2v) is 4.06. The van der Waals surface area contributed by atoms with Crippen molar-refractivity contribution in [2.24, 2.45) is 0 Å². The number of benzene rings is 1. The van der Waals surface area contributed by atoms with Crippen LogP contribution in [0.3, 0.4) is 0 Å². The standard InChI is InChI=1S/C11H13N3O6/c15-6-7(16)4-5-20-9-3-1-2-8-10(9)13(18)11(17)12-14(8)19/h1-3,7,15-16H,4-6H2,(H,12,17). The molecule has 0 spiro atoms. The zero-order valence-electron chi connectivity index (χ0n) is 10.3. The molecule has 9 heteroatoms. The predicted octanol–water partition coefficient (Wildman–Crippen LogP) is -1.67. The highest BCUT2D eigenvalue weighted by atomic mass is 16.5. The van der Waals surface area contributed by atoms with E-state index in [0.717, 1.165) is 0 Å². The Morgan fingerprint density at radius 3 is 2.80 bits per heavy atom. The zero-order chi connectivity index (χ0) is 14.7. The fourth-order valence-corrected chi connectivity index (χ4v) is 1.66. The van der Waals surface area contributed by atoms with Crippen LogP contribution in [0.1, 0.15) is 6.42 Å². The minimum atomic E-state index is -0.987. The lowest BCUT2D eigenvalue weighted by atomic mass is 10.2. The highest BCUT2D eigenvalue weighted by Crippen LogP contribution is 2.21. The van der Waals surface area contributed by atoms with Crippen molar-refractivity contribution in [3.05, 3.63) is 28.6 Å². The van der Waals surface area contributed by atoms with Gasteiger partial charge in [0.05, 0.1) is 24.2 Å². The highest BCUT2D eigenvalue weighted by molar-refractivity contribution is 5.75. The summed E-state index contributed by atoms with van der Waals surface area (Å²) in [5.74, 6) is 0.0740. The van der Waals surface area contributed by atoms with E-state index in [2.05, 4.69) is 5.10 Å². The summed E-state index contributed by atoms with van der Waals surface area (Å²) in [6.07, 6.45) is -0.774. The van der Waals surface area contributed by atoms with Crippen molar-refractivity contribution in [1.29, 1.82) is 0 Å². The number of aromatic hydroxyl groups is 1. The van der Waals surface area contributed by atoms with E-state index in [4.69, 9.17) is 9.84 Å². The second-order valence-electron chi connectivity index (χ2n) is 4.06. The van der Waals surface area contributed by atoms with Gasteiger partial charge in [-0.1, -0.05) is 6.07 Å². The number of para-hydroxylation sites is 1. The molecule has 20 heavy (non-hydrogen) atoms. The summed E-state index contributed by atoms with van der Waals surface area (Å²) in [4.78, 5) is 0.120. The molecule has 0 aliphatic heterocycles. The van der Waals surface area contributed by atoms with Crippen molar-refractivity contribution in [3.63, 3.8) is 0 Å². The van der Waals surface area contributed by atoms with E-state index in [0.29, 0.717) is 0 Å². The lowest BCUT2D eigenvalue weighted by Gasteiger charge is -2.11. The summed E-state index contributed by atoms with van der Waals surface area (Å²) in [7, 11) is 0. The van der Waals surface area contributed by atoms with Crippen molar-refractivity contribution >= 4 is 11.0 Å². The molecular weight excluding hydrogens is 270 g/mol. The first-order valence-corrected chi connectivity index (χ1v) is 5.81. The summed E-state index contributed by atoms with van der Waals surface area (Å²) in [6, 6.07) is 3.31. The van der Waals surface area contributed by atoms with Crippen molar-refractivity contribution in [1.82, 2.24) is 5.10 Å². The molecule has 1 atom stereocenters. The largest absolute Gasteiger partial charge is 0.707 e. The van der Waals surface area contributed by atoms with Crippen molar-refractivity contribution in [2.75, 3.05) is 13.2 Å². The number of ether oxygens (including phenoxy) is 1. The molecule has 9 nitrogen and oxygen atoms in total. The number of aromatic nitrogens is 3. The molecule has 0 saturated heterocycles. The Bertz CT molecular complexity index is 621. The van der Waals surface area contributed by atoms with Crippen LogP contribution >= 0.6 is 0 Å². The summed E-state index contributed by atoms with van der Waals surface area (Å²) >= 11 is 0. The molecule has 0 aliphatic rings. The Balaban J connectivity index is 2.34. The summed E-state index contributed by atoms with van der Waals surface area (Å²) in [6.45, 7) is -0.367. The number of hydrogen-bond acceptors (Lipinski definition) is 7. The molecule has 0 saturated carbocycles. The number of nitrogens with zero attached hydrogens (tertiary/aromatic N) is 3. The molecule has 0 radical (unpaired) electrons. The molecule has 1 heterocycles. The van der Waals surface area contributed by atoms with Gasteiger partial charge < -0.3 is 30.5 Å². The topological polar surface area (TPSA) is 137 Å². The third kappa shape index (κ3) is 2.63. The molecule has 0 bridgehead atoms. The molecule has 3 N–H and O–H groups in total. The van der Waals surface area contributed by atoms with Crippen LogP contribution in [0.5, 0.6) is 11.8 Å². The summed E-state index contributed by atoms with van der Waals surface area (Å²) in [5, 5.41) is 53.5. The molecule has 0 fully saturated rings. The first-order chi connectivity index (χ1) is 9.54. The van der Waals surface area contributed by atoms with Gasteiger partial charge in [-0.2, -0.15) is 4.73 Å². The van der Waals surface area contributed by atoms with Crippen molar-refractivity contribution in [3.8, 4) is 11.8 Å². The van der Waals surface area contributed by atoms with E-state index >= 15 is 0 Å². The van der Waals surface area contributed by atoms with Gasteiger partial charge in [0.1, 0.15) is 0 Å². The zero-order valence-corrected chi connectivity index (χ0v) is 10.3. The lowest BCUT2D eigenvalue weighted by Crippen LogP contribution is -2.41. The SMILES string of the molecule is [O-][n+]1nc(O)[n+]([O-])c2c(OCCC(O)CO)cccc21. The third-order valence-electron chi connectivity index (χ3n) is 2.67. The molecule has 0 aliphatic carbocycles. The van der Waals surface area contributed by atoms with E-state index in [1.165, 1.54) is 18.2 Å². The average molecular weight is 283 g/mol. The summed E-state index contributed by atoms with van der Waals surface area (Å²) < 4.78 is 5.38. The molecule has 0 amide bonds. The second kappa shape index (κ2) is 5.72. The number of aliphatic hydroxyl groups excluding tert-OH is 2. The molecular formula is C11H13N3O6. The fourth-order valence-electron chi connectivity index (χ4n) is 1.66. The maximum atomic E-state index is 11.7. The summed E-state index contributed by atoms with van der Waals surface area (Å²) in [5.41, 5.74) is -0.216. The first kappa shape index (κ1) is 14.0. The van der Waals surface area contributed by atoms with Crippen LogP contribution in [-0.4, -0.2) is 39.7 Å². The Kier molecular flexibility index (Phi) is 4.01. The van der Waals surface area contributed by atoms with Crippen LogP contribution in [0.2, 0.25) is 0 Å². The maximum Gasteiger partial charge on any atom is 0.569 e. The van der Waals surface area contributed by atoms with Gasteiger partial charge in [-0.25, -0.2) is 0 Å². The average Bonchev–Trinajstić information content (AvgIpc) is 2.44. The minimum absolute atomic E-state index is 0.0305. The number of rotatable bonds is 5. The van der Waals surface area contributed by atoms with E-state index in [-0.39, 0.29) is 39.4 Å². The van der Waals surface area contributed by atoms with Crippen LogP contribution in [0, 0.1) is 10.4 Å². The molecule has 2 rings (SSSR count). The third-order valence-corrected chi connectivity index (χ3v) is 2.67. The Morgan fingerprint density at radius 2 is 2.10 bits per heavy atom. The Labute approximate surface area is 113 Å². The Morgan fingerprint density at radius 1 is 1.35 bits per heavy atom. The molecule has 108 valence electrons. The fraction of sp³-hybridized carbons (Fsp3) is 0.364. The van der Waals surface area contributed by atoms with Gasteiger partial charge in [-0.3, -0.25) is 0 Å². The quantitative estimate of drug-likeness (QED) is 0.440. The van der Waals surface area contributed by atoms with Crippen LogP contribution in [0.15, 0.2) is 18.2 Å². The van der Waals surface area contributed by atoms with Gasteiger partial charge in [-0.15, -0.1) is 0 Å². The molecule has 1 unspecified atom stereocenters. The molecule has 1 aromatic carbocycles. The first-order valence-electron chi connectivity index (χ1n) is 5.81. The van der Waals surface area contributed by atoms with Gasteiger partial charge >= 0.3 is 11.5 Å². The van der Waals surface area contributed by atoms with Gasteiger partial charge in [0, 0.05) is 12.5 Å². The maximum absolute atomic E-state index is 11.7.